The number of likely N-dealkylation sites (N-methyl/N-ethyl adjacent to an activating group) is 2. The van der Waals surface area contributed by atoms with Gasteiger partial charge >= 0.3 is 0 Å². The van der Waals surface area contributed by atoms with E-state index in [1.165, 1.54) is 6.92 Å². The smallest absolute Gasteiger partial charge is 0.287 e. The first-order chi connectivity index (χ1) is 30.1. The SMILES string of the molecule is C/C=C\C=C/CC.C=C(NC(C(=O)N1CCCC1C(CC1CC1)C(=O)C(=O)NCC)C1CCC(F)(F)CC1)OC(C)(C)C.C=CC.CC.CC.CC.CC=O.CNC(C)C(=O)C(C)C. The molecule has 1 heterocycles. The molecule has 3 N–H and O–H groups in total. The van der Waals surface area contributed by atoms with Gasteiger partial charge in [0.1, 0.15) is 17.9 Å². The molecule has 3 rings (SSSR count). The minimum Gasteiger partial charge on any atom is -0.474 e. The van der Waals surface area contributed by atoms with Crippen LogP contribution in [0.5, 0.6) is 0 Å². The van der Waals surface area contributed by atoms with E-state index in [2.05, 4.69) is 48.2 Å². The van der Waals surface area contributed by atoms with Crippen molar-refractivity contribution in [2.45, 2.75) is 212 Å². The zero-order chi connectivity index (χ0) is 51.1. The molecule has 0 aromatic rings. The number of alkyl halides is 2. The van der Waals surface area contributed by atoms with Crippen molar-refractivity contribution in [3.63, 3.8) is 0 Å². The van der Waals surface area contributed by atoms with Gasteiger partial charge in [-0.25, -0.2) is 8.78 Å². The van der Waals surface area contributed by atoms with Crippen LogP contribution in [0.15, 0.2) is 49.4 Å². The predicted octanol–water partition coefficient (Wildman–Crippen LogP) is 12.0. The van der Waals surface area contributed by atoms with E-state index in [0.717, 1.165) is 32.0 Å². The average Bonchev–Trinajstić information content (AvgIpc) is 3.96. The van der Waals surface area contributed by atoms with Crippen LogP contribution >= 0.6 is 0 Å². The summed E-state index contributed by atoms with van der Waals surface area (Å²) < 4.78 is 33.6. The molecule has 0 aromatic heterocycles. The lowest BCUT2D eigenvalue weighted by Crippen LogP contribution is -2.55. The van der Waals surface area contributed by atoms with Gasteiger partial charge in [0.05, 0.1) is 6.04 Å². The molecule has 10 nitrogen and oxygen atoms in total. The highest BCUT2D eigenvalue weighted by molar-refractivity contribution is 6.37. The normalized spacial score (nSPS) is 17.5. The van der Waals surface area contributed by atoms with Gasteiger partial charge in [0.15, 0.2) is 11.7 Å². The molecular formula is C52H98F2N4O6. The van der Waals surface area contributed by atoms with E-state index in [9.17, 15) is 28.0 Å². The standard InChI is InChI=1S/C27H43F2N3O4.C7H15NO.C7H12.C3H6.C2H4O.3C2H6/c1-6-30-24(34)23(33)20(16-18-9-10-18)21-8-7-15-32(21)25(35)22(31-17(2)36-26(3,4)5)19-11-13-27(28,29)14-12-19;1-5(2)7(9)6(3)8-4;1-3-5-7-6-4-2;1-3-2;1-2-3;3*1-2/h18-22,31H,2,6-16H2,1,3-5H3,(H,30,34);5-6,8H,1-4H3;3,5-7H,4H2,1-2H3;3H,1H2,2H3;2H,1H3;3*1-2H3/b;;5-3-,7-6-;;;;;. The first-order valence-corrected chi connectivity index (χ1v) is 24.3. The second-order valence-electron chi connectivity index (χ2n) is 16.3. The fourth-order valence-corrected chi connectivity index (χ4v) is 6.55. The fourth-order valence-electron chi connectivity index (χ4n) is 6.55. The van der Waals surface area contributed by atoms with Gasteiger partial charge in [-0.3, -0.25) is 19.2 Å². The molecule has 4 unspecified atom stereocenters. The minimum absolute atomic E-state index is 0.00463. The Labute approximate surface area is 391 Å². The highest BCUT2D eigenvalue weighted by Crippen LogP contribution is 2.41. The van der Waals surface area contributed by atoms with Crippen LogP contribution in [0.2, 0.25) is 0 Å². The second-order valence-corrected chi connectivity index (χ2v) is 16.3. The quantitative estimate of drug-likeness (QED) is 0.0458. The molecule has 0 bridgehead atoms. The lowest BCUT2D eigenvalue weighted by Gasteiger charge is -2.39. The first kappa shape index (κ1) is 69.4. The maximum atomic E-state index is 14.0. The number of Topliss-reactive ketones (excluding diaryl/α,β-unsaturated/α-hetero) is 2. The van der Waals surface area contributed by atoms with Gasteiger partial charge < -0.3 is 30.4 Å². The molecule has 2 aliphatic carbocycles. The minimum atomic E-state index is -2.71. The number of ketones is 2. The van der Waals surface area contributed by atoms with Crippen LogP contribution in [0.1, 0.15) is 182 Å². The Bertz CT molecular complexity index is 1290. The molecule has 1 aliphatic heterocycles. The largest absolute Gasteiger partial charge is 0.474 e. The van der Waals surface area contributed by atoms with Crippen molar-refractivity contribution in [2.75, 3.05) is 20.1 Å². The van der Waals surface area contributed by atoms with Crippen LogP contribution in [-0.2, 0) is 28.7 Å². The van der Waals surface area contributed by atoms with Gasteiger partial charge in [-0.15, -0.1) is 6.58 Å². The number of amides is 2. The number of aldehydes is 1. The van der Waals surface area contributed by atoms with Gasteiger partial charge in [0.2, 0.25) is 17.6 Å². The molecule has 376 valence electrons. The zero-order valence-corrected chi connectivity index (χ0v) is 44.1. The molecule has 4 atom stereocenters. The van der Waals surface area contributed by atoms with E-state index in [1.54, 1.807) is 24.9 Å². The van der Waals surface area contributed by atoms with Crippen LogP contribution in [0, 0.1) is 23.7 Å². The number of nitrogens with zero attached hydrogens (tertiary/aromatic N) is 1. The number of rotatable bonds is 16. The number of hydrogen-bond acceptors (Lipinski definition) is 8. The fraction of sp³-hybridized carbons (Fsp3) is 0.750. The average molecular weight is 913 g/mol. The highest BCUT2D eigenvalue weighted by Gasteiger charge is 2.47. The van der Waals surface area contributed by atoms with E-state index in [0.29, 0.717) is 31.8 Å². The van der Waals surface area contributed by atoms with E-state index in [-0.39, 0.29) is 67.2 Å². The summed E-state index contributed by atoms with van der Waals surface area (Å²) in [7, 11) is 1.80. The number of carbonyl (C=O) groups excluding carboxylic acids is 5. The predicted molar refractivity (Wildman–Crippen MR) is 267 cm³/mol. The summed E-state index contributed by atoms with van der Waals surface area (Å²) in [6, 6.07) is -1.15. The molecule has 12 heteroatoms. The summed E-state index contributed by atoms with van der Waals surface area (Å²) in [5, 5.41) is 8.63. The number of ether oxygens (including phenoxy) is 1. The molecule has 2 saturated carbocycles. The molecule has 0 radical (unpaired) electrons. The Morgan fingerprint density at radius 3 is 1.77 bits per heavy atom. The van der Waals surface area contributed by atoms with Gasteiger partial charge in [-0.2, -0.15) is 0 Å². The van der Waals surface area contributed by atoms with E-state index >= 15 is 0 Å². The Hall–Kier alpha value is -3.67. The molecule has 3 aliphatic rings. The number of carbonyl (C=O) groups is 5. The number of nitrogens with one attached hydrogen (secondary N) is 3. The summed E-state index contributed by atoms with van der Waals surface area (Å²) in [6.07, 6.45) is 15.8. The van der Waals surface area contributed by atoms with Gasteiger partial charge in [-0.05, 0) is 119 Å². The molecular weight excluding hydrogens is 815 g/mol. The van der Waals surface area contributed by atoms with Crippen LogP contribution in [0.25, 0.3) is 0 Å². The lowest BCUT2D eigenvalue weighted by molar-refractivity contribution is -0.145. The molecule has 64 heavy (non-hydrogen) atoms. The van der Waals surface area contributed by atoms with Crippen LogP contribution in [-0.4, -0.2) is 84.4 Å². The van der Waals surface area contributed by atoms with Crippen molar-refractivity contribution in [2.24, 2.45) is 23.7 Å². The Morgan fingerprint density at radius 2 is 1.39 bits per heavy atom. The third-order valence-electron chi connectivity index (χ3n) is 9.58. The summed E-state index contributed by atoms with van der Waals surface area (Å²) in [6.45, 7) is 40.7. The van der Waals surface area contributed by atoms with Crippen molar-refractivity contribution in [1.82, 2.24) is 20.9 Å². The van der Waals surface area contributed by atoms with Gasteiger partial charge in [0, 0.05) is 43.8 Å². The van der Waals surface area contributed by atoms with Crippen molar-refractivity contribution in [1.29, 1.82) is 0 Å². The number of hydrogen-bond donors (Lipinski definition) is 3. The third kappa shape index (κ3) is 33.8. The Balaban J connectivity index is -0.000000339. The number of likely N-dealkylation sites (tertiary alicyclic amines) is 1. The van der Waals surface area contributed by atoms with Crippen LogP contribution in [0.4, 0.5) is 8.78 Å². The molecule has 3 fully saturated rings. The van der Waals surface area contributed by atoms with Crippen molar-refractivity contribution >= 4 is 29.7 Å². The Morgan fingerprint density at radius 1 is 0.891 bits per heavy atom. The highest BCUT2D eigenvalue weighted by atomic mass is 19.3. The maximum absolute atomic E-state index is 14.0. The van der Waals surface area contributed by atoms with Crippen molar-refractivity contribution in [3.05, 3.63) is 49.4 Å². The second kappa shape index (κ2) is 42.0. The van der Waals surface area contributed by atoms with E-state index in [1.807, 2.05) is 109 Å². The van der Waals surface area contributed by atoms with Gasteiger partial charge in [-0.1, -0.05) is 106 Å². The van der Waals surface area contributed by atoms with Crippen LogP contribution in [0.3, 0.4) is 0 Å². The number of halogens is 2. The van der Waals surface area contributed by atoms with E-state index in [4.69, 9.17) is 9.53 Å². The van der Waals surface area contributed by atoms with Crippen LogP contribution < -0.4 is 16.0 Å². The third-order valence-corrected chi connectivity index (χ3v) is 9.58. The summed E-state index contributed by atoms with van der Waals surface area (Å²) >= 11 is 0. The summed E-state index contributed by atoms with van der Waals surface area (Å²) in [4.78, 5) is 61.2. The topological polar surface area (TPSA) is 134 Å². The lowest BCUT2D eigenvalue weighted by atomic mass is 9.81. The van der Waals surface area contributed by atoms with Crippen molar-refractivity contribution in [3.8, 4) is 0 Å². The summed E-state index contributed by atoms with van der Waals surface area (Å²) in [5.74, 6) is -3.81. The monoisotopic (exact) mass is 913 g/mol. The summed E-state index contributed by atoms with van der Waals surface area (Å²) in [5.41, 5.74) is -0.540. The first-order valence-electron chi connectivity index (χ1n) is 24.3. The zero-order valence-electron chi connectivity index (χ0n) is 44.1. The van der Waals surface area contributed by atoms with E-state index < -0.39 is 35.2 Å². The molecule has 1 saturated heterocycles. The molecule has 2 amide bonds. The number of allylic oxidation sites excluding steroid dienone is 5. The molecule has 0 spiro atoms. The van der Waals surface area contributed by atoms with Gasteiger partial charge in [0.25, 0.3) is 5.91 Å². The Kier molecular flexibility index (Phi) is 45.5. The maximum Gasteiger partial charge on any atom is 0.287 e. The molecule has 0 aromatic carbocycles. The van der Waals surface area contributed by atoms with Crippen molar-refractivity contribution < 1.29 is 37.5 Å².